The fourth-order valence-electron chi connectivity index (χ4n) is 1.40. The zero-order chi connectivity index (χ0) is 14.0. The Labute approximate surface area is 151 Å². The lowest BCUT2D eigenvalue weighted by Gasteiger charge is -2.09. The summed E-state index contributed by atoms with van der Waals surface area (Å²) < 4.78 is 8.40. The van der Waals surface area contributed by atoms with Gasteiger partial charge in [-0.1, -0.05) is 0 Å². The van der Waals surface area contributed by atoms with Crippen molar-refractivity contribution >= 4 is 79.4 Å². The van der Waals surface area contributed by atoms with Crippen LogP contribution in [0.25, 0.3) is 0 Å². The third-order valence-electron chi connectivity index (χ3n) is 2.30. The first-order valence-corrected chi connectivity index (χ1v) is 8.43. The van der Waals surface area contributed by atoms with Gasteiger partial charge >= 0.3 is 5.97 Å². The van der Waals surface area contributed by atoms with E-state index < -0.39 is 0 Å². The van der Waals surface area contributed by atoms with Crippen LogP contribution >= 0.6 is 67.8 Å². The average Bonchev–Trinajstić information content (AvgIpc) is 2.34. The monoisotopic (exact) mass is 591 g/mol. The number of esters is 1. The van der Waals surface area contributed by atoms with E-state index in [2.05, 4.69) is 67.8 Å². The van der Waals surface area contributed by atoms with Crippen molar-refractivity contribution in [3.8, 4) is 5.75 Å². The van der Waals surface area contributed by atoms with Crippen LogP contribution in [0.4, 0.5) is 5.69 Å². The van der Waals surface area contributed by atoms with Crippen LogP contribution in [0.1, 0.15) is 10.4 Å². The Morgan fingerprint density at radius 1 is 1.00 bits per heavy atom. The maximum atomic E-state index is 12.0. The molecular weight excluding hydrogens is 583 g/mol. The molecule has 0 radical (unpaired) electrons. The molecule has 0 bridgehead atoms. The highest BCUT2D eigenvalue weighted by Crippen LogP contribution is 2.30. The van der Waals surface area contributed by atoms with E-state index in [1.807, 2.05) is 12.1 Å². The minimum absolute atomic E-state index is 0.378. The van der Waals surface area contributed by atoms with E-state index in [9.17, 15) is 4.79 Å². The molecule has 0 atom stereocenters. The fourth-order valence-corrected chi connectivity index (χ4v) is 5.20. The SMILES string of the molecule is Nc1ccc(C(=O)Oc2c(I)cc(I)cc2I)cc1. The first-order chi connectivity index (χ1) is 8.97. The first kappa shape index (κ1) is 15.3. The summed E-state index contributed by atoms with van der Waals surface area (Å²) in [4.78, 5) is 12.0. The van der Waals surface area contributed by atoms with Gasteiger partial charge in [-0.25, -0.2) is 4.79 Å². The van der Waals surface area contributed by atoms with E-state index in [0.29, 0.717) is 17.0 Å². The molecule has 0 amide bonds. The second kappa shape index (κ2) is 6.57. The van der Waals surface area contributed by atoms with Gasteiger partial charge in [0.25, 0.3) is 0 Å². The van der Waals surface area contributed by atoms with Crippen molar-refractivity contribution < 1.29 is 9.53 Å². The van der Waals surface area contributed by atoms with Gasteiger partial charge in [-0.15, -0.1) is 0 Å². The maximum Gasteiger partial charge on any atom is 0.343 e. The molecule has 2 N–H and O–H groups in total. The number of nitrogens with two attached hydrogens (primary N) is 1. The number of rotatable bonds is 2. The summed E-state index contributed by atoms with van der Waals surface area (Å²) in [5.41, 5.74) is 6.69. The third kappa shape index (κ3) is 3.94. The molecule has 0 saturated carbocycles. The molecule has 0 aliphatic carbocycles. The Balaban J connectivity index is 2.26. The van der Waals surface area contributed by atoms with Gasteiger partial charge < -0.3 is 10.5 Å². The predicted octanol–water partition coefficient (Wildman–Crippen LogP) is 4.30. The van der Waals surface area contributed by atoms with Gasteiger partial charge in [0.15, 0.2) is 5.75 Å². The molecule has 0 spiro atoms. The highest BCUT2D eigenvalue weighted by molar-refractivity contribution is 14.1. The van der Waals surface area contributed by atoms with Crippen LogP contribution in [-0.4, -0.2) is 5.97 Å². The van der Waals surface area contributed by atoms with E-state index in [-0.39, 0.29) is 5.97 Å². The normalized spacial score (nSPS) is 10.3. The highest BCUT2D eigenvalue weighted by atomic mass is 127. The molecule has 3 nitrogen and oxygen atoms in total. The fraction of sp³-hybridized carbons (Fsp3) is 0. The van der Waals surface area contributed by atoms with Crippen LogP contribution in [-0.2, 0) is 0 Å². The quantitative estimate of drug-likeness (QED) is 0.246. The minimum atomic E-state index is -0.378. The lowest BCUT2D eigenvalue weighted by atomic mass is 10.2. The molecule has 0 fully saturated rings. The predicted molar refractivity (Wildman–Crippen MR) is 100 cm³/mol. The van der Waals surface area contributed by atoms with E-state index in [4.69, 9.17) is 10.5 Å². The van der Waals surface area contributed by atoms with Gasteiger partial charge in [0.2, 0.25) is 0 Å². The number of benzene rings is 2. The van der Waals surface area contributed by atoms with Gasteiger partial charge in [-0.2, -0.15) is 0 Å². The molecule has 2 aromatic rings. The number of carbonyl (C=O) groups is 1. The molecule has 0 aromatic heterocycles. The Morgan fingerprint density at radius 3 is 2.05 bits per heavy atom. The van der Waals surface area contributed by atoms with E-state index in [0.717, 1.165) is 10.7 Å². The molecule has 2 aromatic carbocycles. The Hall–Kier alpha value is -0.1000. The van der Waals surface area contributed by atoms with Crippen molar-refractivity contribution in [3.05, 3.63) is 52.7 Å². The van der Waals surface area contributed by atoms with E-state index in [1.54, 1.807) is 24.3 Å². The summed E-state index contributed by atoms with van der Waals surface area (Å²) >= 11 is 6.56. The number of carbonyl (C=O) groups excluding carboxylic acids is 1. The van der Waals surface area contributed by atoms with Crippen LogP contribution in [0, 0.1) is 10.7 Å². The molecule has 98 valence electrons. The molecule has 0 unspecified atom stereocenters. The molecule has 0 aliphatic heterocycles. The zero-order valence-electron chi connectivity index (χ0n) is 9.49. The summed E-state index contributed by atoms with van der Waals surface area (Å²) in [5, 5.41) is 0. The Kier molecular flexibility index (Phi) is 5.29. The summed E-state index contributed by atoms with van der Waals surface area (Å²) in [6.45, 7) is 0. The number of hydrogen-bond acceptors (Lipinski definition) is 3. The zero-order valence-corrected chi connectivity index (χ0v) is 16.0. The van der Waals surface area contributed by atoms with Crippen LogP contribution in [0.2, 0.25) is 0 Å². The number of anilines is 1. The van der Waals surface area contributed by atoms with Crippen molar-refractivity contribution in [1.82, 2.24) is 0 Å². The third-order valence-corrected chi connectivity index (χ3v) is 4.53. The number of halogens is 3. The summed E-state index contributed by atoms with van der Waals surface area (Å²) in [6, 6.07) is 10.6. The molecule has 0 aliphatic rings. The molecular formula is C13H8I3NO2. The van der Waals surface area contributed by atoms with Crippen LogP contribution in [0.15, 0.2) is 36.4 Å². The lowest BCUT2D eigenvalue weighted by molar-refractivity contribution is 0.0732. The van der Waals surface area contributed by atoms with Crippen LogP contribution < -0.4 is 10.5 Å². The lowest BCUT2D eigenvalue weighted by Crippen LogP contribution is -2.10. The topological polar surface area (TPSA) is 52.3 Å². The number of nitrogen functional groups attached to an aromatic ring is 1. The van der Waals surface area contributed by atoms with Crippen molar-refractivity contribution in [3.63, 3.8) is 0 Å². The van der Waals surface area contributed by atoms with Crippen molar-refractivity contribution in [1.29, 1.82) is 0 Å². The smallest absolute Gasteiger partial charge is 0.343 e. The minimum Gasteiger partial charge on any atom is -0.421 e. The van der Waals surface area contributed by atoms with Crippen molar-refractivity contribution in [2.24, 2.45) is 0 Å². The highest BCUT2D eigenvalue weighted by Gasteiger charge is 2.14. The van der Waals surface area contributed by atoms with Crippen molar-refractivity contribution in [2.45, 2.75) is 0 Å². The van der Waals surface area contributed by atoms with Crippen molar-refractivity contribution in [2.75, 3.05) is 5.73 Å². The Morgan fingerprint density at radius 2 is 1.53 bits per heavy atom. The number of hydrogen-bond donors (Lipinski definition) is 1. The Bertz CT molecular complexity index is 603. The van der Waals surface area contributed by atoms with Crippen LogP contribution in [0.3, 0.4) is 0 Å². The van der Waals surface area contributed by atoms with Gasteiger partial charge in [-0.05, 0) is 104 Å². The van der Waals surface area contributed by atoms with E-state index >= 15 is 0 Å². The van der Waals surface area contributed by atoms with Gasteiger partial charge in [-0.3, -0.25) is 0 Å². The summed E-state index contributed by atoms with van der Waals surface area (Å²) in [5.74, 6) is 0.223. The average molecular weight is 591 g/mol. The molecule has 0 saturated heterocycles. The standard InChI is InChI=1S/C13H8I3NO2/c14-8-5-10(15)12(11(16)6-8)19-13(18)7-1-3-9(17)4-2-7/h1-6H,17H2. The van der Waals surface area contributed by atoms with Gasteiger partial charge in [0.05, 0.1) is 12.7 Å². The van der Waals surface area contributed by atoms with E-state index in [1.165, 1.54) is 0 Å². The molecule has 19 heavy (non-hydrogen) atoms. The molecule has 0 heterocycles. The van der Waals surface area contributed by atoms with Gasteiger partial charge in [0.1, 0.15) is 0 Å². The largest absolute Gasteiger partial charge is 0.421 e. The molecule has 2 rings (SSSR count). The number of ether oxygens (including phenoxy) is 1. The first-order valence-electron chi connectivity index (χ1n) is 5.19. The second-order valence-corrected chi connectivity index (χ2v) is 7.28. The molecule has 6 heteroatoms. The van der Waals surface area contributed by atoms with Crippen LogP contribution in [0.5, 0.6) is 5.75 Å². The van der Waals surface area contributed by atoms with Gasteiger partial charge in [0, 0.05) is 9.26 Å². The second-order valence-electron chi connectivity index (χ2n) is 3.71. The maximum absolute atomic E-state index is 12.0. The summed E-state index contributed by atoms with van der Waals surface area (Å²) in [6.07, 6.45) is 0. The summed E-state index contributed by atoms with van der Waals surface area (Å²) in [7, 11) is 0.